The van der Waals surface area contributed by atoms with Gasteiger partial charge in [-0.2, -0.15) is 5.26 Å². The lowest BCUT2D eigenvalue weighted by molar-refractivity contribution is -0.132. The summed E-state index contributed by atoms with van der Waals surface area (Å²) in [6.45, 7) is 3.79. The zero-order valence-electron chi connectivity index (χ0n) is 9.18. The molecule has 2 heteroatoms. The van der Waals surface area contributed by atoms with E-state index in [0.29, 0.717) is 12.2 Å². The molecule has 0 aliphatic heterocycles. The molecule has 0 heterocycles. The summed E-state index contributed by atoms with van der Waals surface area (Å²) in [5.74, 6) is 0.533. The SMILES string of the molecule is CC(C)(CC#N)C(=O)C1CCCCC1. The van der Waals surface area contributed by atoms with Gasteiger partial charge in [-0.1, -0.05) is 33.1 Å². The molecular weight excluding hydrogens is 174 g/mol. The van der Waals surface area contributed by atoms with Crippen molar-refractivity contribution in [1.29, 1.82) is 5.26 Å². The number of hydrogen-bond donors (Lipinski definition) is 0. The third-order valence-corrected chi connectivity index (χ3v) is 3.16. The Morgan fingerprint density at radius 2 is 1.93 bits per heavy atom. The van der Waals surface area contributed by atoms with Gasteiger partial charge in [0.15, 0.2) is 0 Å². The van der Waals surface area contributed by atoms with E-state index in [9.17, 15) is 4.79 Å². The molecule has 1 fully saturated rings. The number of hydrogen-bond acceptors (Lipinski definition) is 2. The average molecular weight is 193 g/mol. The molecule has 0 unspecified atom stereocenters. The van der Waals surface area contributed by atoms with Crippen LogP contribution in [0.25, 0.3) is 0 Å². The maximum Gasteiger partial charge on any atom is 0.142 e. The second-order valence-corrected chi connectivity index (χ2v) is 4.92. The quantitative estimate of drug-likeness (QED) is 0.691. The zero-order chi connectivity index (χ0) is 10.6. The van der Waals surface area contributed by atoms with E-state index in [1.807, 2.05) is 13.8 Å². The van der Waals surface area contributed by atoms with Gasteiger partial charge in [0.2, 0.25) is 0 Å². The van der Waals surface area contributed by atoms with E-state index in [4.69, 9.17) is 5.26 Å². The van der Waals surface area contributed by atoms with E-state index in [2.05, 4.69) is 6.07 Å². The van der Waals surface area contributed by atoms with Gasteiger partial charge < -0.3 is 0 Å². The largest absolute Gasteiger partial charge is 0.299 e. The van der Waals surface area contributed by atoms with Crippen molar-refractivity contribution in [1.82, 2.24) is 0 Å². The van der Waals surface area contributed by atoms with Crippen LogP contribution < -0.4 is 0 Å². The number of rotatable bonds is 3. The molecule has 1 saturated carbocycles. The fourth-order valence-corrected chi connectivity index (χ4v) is 2.20. The summed E-state index contributed by atoms with van der Waals surface area (Å²) in [6.07, 6.45) is 6.05. The molecule has 1 rings (SSSR count). The number of carbonyl (C=O) groups is 1. The van der Waals surface area contributed by atoms with Gasteiger partial charge in [-0.25, -0.2) is 0 Å². The first-order valence-electron chi connectivity index (χ1n) is 5.49. The summed E-state index contributed by atoms with van der Waals surface area (Å²) in [5.41, 5.74) is -0.434. The van der Waals surface area contributed by atoms with Gasteiger partial charge in [-0.05, 0) is 12.8 Å². The van der Waals surface area contributed by atoms with Crippen LogP contribution in [0.2, 0.25) is 0 Å². The molecule has 2 nitrogen and oxygen atoms in total. The van der Waals surface area contributed by atoms with Crippen molar-refractivity contribution < 1.29 is 4.79 Å². The lowest BCUT2D eigenvalue weighted by Gasteiger charge is -2.28. The lowest BCUT2D eigenvalue weighted by atomic mass is 9.74. The van der Waals surface area contributed by atoms with Crippen molar-refractivity contribution in [3.8, 4) is 6.07 Å². The Morgan fingerprint density at radius 1 is 1.36 bits per heavy atom. The first-order chi connectivity index (χ1) is 6.58. The Hall–Kier alpha value is -0.840. The van der Waals surface area contributed by atoms with E-state index < -0.39 is 5.41 Å². The zero-order valence-corrected chi connectivity index (χ0v) is 9.18. The number of Topliss-reactive ketones (excluding diaryl/α,β-unsaturated/α-hetero) is 1. The predicted molar refractivity (Wildman–Crippen MR) is 55.6 cm³/mol. The normalized spacial score (nSPS) is 18.9. The molecule has 0 aromatic carbocycles. The summed E-state index contributed by atoms with van der Waals surface area (Å²) in [7, 11) is 0. The Labute approximate surface area is 86.3 Å². The van der Waals surface area contributed by atoms with Gasteiger partial charge >= 0.3 is 0 Å². The molecule has 0 aromatic heterocycles. The van der Waals surface area contributed by atoms with Crippen molar-refractivity contribution in [3.63, 3.8) is 0 Å². The second kappa shape index (κ2) is 4.59. The highest BCUT2D eigenvalue weighted by molar-refractivity contribution is 5.86. The van der Waals surface area contributed by atoms with Crippen LogP contribution in [0.1, 0.15) is 52.4 Å². The molecule has 1 aliphatic carbocycles. The summed E-state index contributed by atoms with van der Waals surface area (Å²) < 4.78 is 0. The van der Waals surface area contributed by atoms with Crippen molar-refractivity contribution >= 4 is 5.78 Å². The number of nitriles is 1. The topological polar surface area (TPSA) is 40.9 Å². The Morgan fingerprint density at radius 3 is 2.43 bits per heavy atom. The van der Waals surface area contributed by atoms with Crippen LogP contribution in [0.15, 0.2) is 0 Å². The smallest absolute Gasteiger partial charge is 0.142 e. The molecule has 0 aromatic rings. The minimum Gasteiger partial charge on any atom is -0.299 e. The molecule has 0 saturated heterocycles. The molecule has 0 radical (unpaired) electrons. The van der Waals surface area contributed by atoms with E-state index >= 15 is 0 Å². The summed E-state index contributed by atoms with van der Waals surface area (Å²) in [6, 6.07) is 2.11. The van der Waals surface area contributed by atoms with Crippen molar-refractivity contribution in [2.75, 3.05) is 0 Å². The summed E-state index contributed by atoms with van der Waals surface area (Å²) in [4.78, 5) is 12.1. The first-order valence-corrected chi connectivity index (χ1v) is 5.49. The Balaban J connectivity index is 2.59. The predicted octanol–water partition coefficient (Wildman–Crippen LogP) is 3.08. The monoisotopic (exact) mass is 193 g/mol. The molecule has 0 spiro atoms. The Bertz CT molecular complexity index is 244. The fourth-order valence-electron chi connectivity index (χ4n) is 2.20. The summed E-state index contributed by atoms with van der Waals surface area (Å²) >= 11 is 0. The van der Waals surface area contributed by atoms with Crippen LogP contribution in [-0.2, 0) is 4.79 Å². The van der Waals surface area contributed by atoms with Crippen LogP contribution in [0.4, 0.5) is 0 Å². The fraction of sp³-hybridized carbons (Fsp3) is 0.833. The number of ketones is 1. The molecule has 78 valence electrons. The molecule has 0 atom stereocenters. The minimum absolute atomic E-state index is 0.229. The van der Waals surface area contributed by atoms with Gasteiger partial charge in [0.25, 0.3) is 0 Å². The molecule has 14 heavy (non-hydrogen) atoms. The van der Waals surface area contributed by atoms with E-state index in [1.54, 1.807) is 0 Å². The van der Waals surface area contributed by atoms with Crippen LogP contribution >= 0.6 is 0 Å². The van der Waals surface area contributed by atoms with E-state index in [-0.39, 0.29) is 5.92 Å². The summed E-state index contributed by atoms with van der Waals surface area (Å²) in [5, 5.41) is 8.65. The van der Waals surface area contributed by atoms with Gasteiger partial charge in [0, 0.05) is 17.8 Å². The molecule has 0 bridgehead atoms. The molecule has 0 N–H and O–H groups in total. The van der Waals surface area contributed by atoms with Gasteiger partial charge in [0.05, 0.1) is 6.07 Å². The van der Waals surface area contributed by atoms with Crippen LogP contribution in [0, 0.1) is 22.7 Å². The van der Waals surface area contributed by atoms with Crippen LogP contribution in [0.5, 0.6) is 0 Å². The standard InChI is InChI=1S/C12H19NO/c1-12(2,8-9-13)11(14)10-6-4-3-5-7-10/h10H,3-8H2,1-2H3. The van der Waals surface area contributed by atoms with Crippen LogP contribution in [0.3, 0.4) is 0 Å². The molecule has 1 aliphatic rings. The van der Waals surface area contributed by atoms with Gasteiger partial charge in [0.1, 0.15) is 5.78 Å². The first kappa shape index (κ1) is 11.2. The minimum atomic E-state index is -0.434. The number of carbonyl (C=O) groups excluding carboxylic acids is 1. The highest BCUT2D eigenvalue weighted by Gasteiger charge is 2.33. The lowest BCUT2D eigenvalue weighted by Crippen LogP contribution is -2.31. The Kier molecular flexibility index (Phi) is 3.69. The highest BCUT2D eigenvalue weighted by Crippen LogP contribution is 2.33. The average Bonchev–Trinajstić information content (AvgIpc) is 2.18. The van der Waals surface area contributed by atoms with Crippen molar-refractivity contribution in [3.05, 3.63) is 0 Å². The maximum atomic E-state index is 12.1. The molecular formula is C12H19NO. The van der Waals surface area contributed by atoms with Crippen molar-refractivity contribution in [2.45, 2.75) is 52.4 Å². The molecule has 0 amide bonds. The van der Waals surface area contributed by atoms with Gasteiger partial charge in [-0.3, -0.25) is 4.79 Å². The third-order valence-electron chi connectivity index (χ3n) is 3.16. The van der Waals surface area contributed by atoms with E-state index in [1.165, 1.54) is 19.3 Å². The van der Waals surface area contributed by atoms with Crippen molar-refractivity contribution in [2.24, 2.45) is 11.3 Å². The third kappa shape index (κ3) is 2.57. The van der Waals surface area contributed by atoms with E-state index in [0.717, 1.165) is 12.8 Å². The maximum absolute atomic E-state index is 12.1. The highest BCUT2D eigenvalue weighted by atomic mass is 16.1. The van der Waals surface area contributed by atoms with Crippen LogP contribution in [-0.4, -0.2) is 5.78 Å². The van der Waals surface area contributed by atoms with Gasteiger partial charge in [-0.15, -0.1) is 0 Å². The number of nitrogens with zero attached hydrogens (tertiary/aromatic N) is 1. The second-order valence-electron chi connectivity index (χ2n) is 4.92.